The molecule has 0 saturated heterocycles. The van der Waals surface area contributed by atoms with Crippen molar-refractivity contribution in [1.82, 2.24) is 4.98 Å². The topological polar surface area (TPSA) is 65.5 Å². The van der Waals surface area contributed by atoms with Gasteiger partial charge in [-0.2, -0.15) is 0 Å². The Hall–Kier alpha value is -2.69. The molecule has 0 radical (unpaired) electrons. The van der Waals surface area contributed by atoms with Crippen molar-refractivity contribution in [2.24, 2.45) is 0 Å². The van der Waals surface area contributed by atoms with Crippen LogP contribution in [0.15, 0.2) is 47.4 Å². The second kappa shape index (κ2) is 6.60. The van der Waals surface area contributed by atoms with Crippen LogP contribution in [0, 0.1) is 6.92 Å². The number of rotatable bonds is 2. The van der Waals surface area contributed by atoms with E-state index in [0.29, 0.717) is 0 Å². The van der Waals surface area contributed by atoms with Crippen LogP contribution in [0.2, 0.25) is 0 Å². The number of aromatic nitrogens is 1. The molecular formula is C18H19NO4. The molecule has 5 nitrogen and oxygen atoms in total. The monoisotopic (exact) mass is 313 g/mol. The lowest BCUT2D eigenvalue weighted by atomic mass is 10.1. The standard InChI is InChI=1S/C18H19NO4/c1-12-8-9-14(11-19-12)13-6-5-7-15(20)16(10-13)22-17(21)23-18(2,3)4/h5-11H,1-4H3. The van der Waals surface area contributed by atoms with Crippen molar-refractivity contribution >= 4 is 6.16 Å². The molecule has 0 aliphatic carbocycles. The summed E-state index contributed by atoms with van der Waals surface area (Å²) in [5.74, 6) is -0.0835. The van der Waals surface area contributed by atoms with Crippen molar-refractivity contribution < 1.29 is 14.3 Å². The third-order valence-corrected chi connectivity index (χ3v) is 2.88. The van der Waals surface area contributed by atoms with Crippen LogP contribution in [0.1, 0.15) is 26.5 Å². The van der Waals surface area contributed by atoms with Gasteiger partial charge in [0.2, 0.25) is 5.43 Å². The largest absolute Gasteiger partial charge is 0.514 e. The van der Waals surface area contributed by atoms with Gasteiger partial charge in [-0.25, -0.2) is 4.79 Å². The van der Waals surface area contributed by atoms with E-state index in [9.17, 15) is 9.59 Å². The number of aryl methyl sites for hydroxylation is 1. The van der Waals surface area contributed by atoms with Crippen LogP contribution in [-0.4, -0.2) is 16.7 Å². The van der Waals surface area contributed by atoms with Crippen molar-refractivity contribution in [2.45, 2.75) is 33.3 Å². The van der Waals surface area contributed by atoms with Crippen molar-refractivity contribution in [3.63, 3.8) is 0 Å². The van der Waals surface area contributed by atoms with Crippen LogP contribution in [0.25, 0.3) is 11.1 Å². The number of hydrogen-bond donors (Lipinski definition) is 0. The van der Waals surface area contributed by atoms with E-state index in [-0.39, 0.29) is 5.75 Å². The summed E-state index contributed by atoms with van der Waals surface area (Å²) in [7, 11) is 0. The molecule has 0 atom stereocenters. The van der Waals surface area contributed by atoms with Crippen molar-refractivity contribution in [3.05, 3.63) is 58.5 Å². The fourth-order valence-electron chi connectivity index (χ4n) is 1.84. The van der Waals surface area contributed by atoms with Crippen molar-refractivity contribution in [3.8, 4) is 16.9 Å². The summed E-state index contributed by atoms with van der Waals surface area (Å²) in [6, 6.07) is 9.98. The first kappa shape index (κ1) is 16.7. The average molecular weight is 313 g/mol. The number of pyridine rings is 1. The number of carbonyl (C=O) groups is 1. The fraction of sp³-hybridized carbons (Fsp3) is 0.278. The van der Waals surface area contributed by atoms with Crippen LogP contribution in [0.3, 0.4) is 0 Å². The highest BCUT2D eigenvalue weighted by Crippen LogP contribution is 2.21. The van der Waals surface area contributed by atoms with Gasteiger partial charge in [0.25, 0.3) is 0 Å². The molecule has 1 heterocycles. The molecule has 0 aliphatic rings. The van der Waals surface area contributed by atoms with E-state index in [1.54, 1.807) is 39.1 Å². The molecule has 120 valence electrons. The zero-order valence-electron chi connectivity index (χ0n) is 13.6. The number of ether oxygens (including phenoxy) is 2. The van der Waals surface area contributed by atoms with E-state index in [0.717, 1.165) is 16.8 Å². The third kappa shape index (κ3) is 4.92. The number of nitrogens with zero attached hydrogens (tertiary/aromatic N) is 1. The summed E-state index contributed by atoms with van der Waals surface area (Å²) in [6.07, 6.45) is 0.792. The van der Waals surface area contributed by atoms with E-state index in [4.69, 9.17) is 9.47 Å². The minimum absolute atomic E-state index is 0.0835. The smallest absolute Gasteiger partial charge is 0.428 e. The van der Waals surface area contributed by atoms with Crippen molar-refractivity contribution in [2.75, 3.05) is 0 Å². The van der Waals surface area contributed by atoms with Crippen LogP contribution in [0.5, 0.6) is 5.75 Å². The van der Waals surface area contributed by atoms with Crippen molar-refractivity contribution in [1.29, 1.82) is 0 Å². The maximum absolute atomic E-state index is 12.0. The van der Waals surface area contributed by atoms with Gasteiger partial charge in [0.05, 0.1) is 0 Å². The zero-order chi connectivity index (χ0) is 17.0. The molecule has 0 N–H and O–H groups in total. The molecule has 0 bridgehead atoms. The molecule has 0 amide bonds. The van der Waals surface area contributed by atoms with Crippen LogP contribution < -0.4 is 10.2 Å². The van der Waals surface area contributed by atoms with Gasteiger partial charge in [-0.3, -0.25) is 9.78 Å². The quantitative estimate of drug-likeness (QED) is 0.790. The second-order valence-corrected chi connectivity index (χ2v) is 6.11. The van der Waals surface area contributed by atoms with Gasteiger partial charge in [-0.15, -0.1) is 0 Å². The normalized spacial score (nSPS) is 11.0. The molecular weight excluding hydrogens is 294 g/mol. The molecule has 2 rings (SSSR count). The average Bonchev–Trinajstić information content (AvgIpc) is 2.60. The lowest BCUT2D eigenvalue weighted by Crippen LogP contribution is -2.26. The number of carbonyl (C=O) groups excluding carboxylic acids is 1. The lowest BCUT2D eigenvalue weighted by molar-refractivity contribution is 0.0204. The summed E-state index contributed by atoms with van der Waals surface area (Å²) in [5, 5.41) is 0. The molecule has 0 saturated carbocycles. The third-order valence-electron chi connectivity index (χ3n) is 2.88. The maximum Gasteiger partial charge on any atom is 0.514 e. The first-order valence-electron chi connectivity index (χ1n) is 7.23. The molecule has 5 heteroatoms. The predicted molar refractivity (Wildman–Crippen MR) is 87.5 cm³/mol. The molecule has 1 aromatic heterocycles. The molecule has 23 heavy (non-hydrogen) atoms. The Bertz CT molecular complexity index is 761. The van der Waals surface area contributed by atoms with E-state index in [1.807, 2.05) is 19.1 Å². The Balaban J connectivity index is 2.35. The molecule has 0 fully saturated rings. The first-order valence-corrected chi connectivity index (χ1v) is 7.23. The van der Waals surface area contributed by atoms with Gasteiger partial charge >= 0.3 is 6.16 Å². The Morgan fingerprint density at radius 1 is 1.09 bits per heavy atom. The molecule has 0 spiro atoms. The zero-order valence-corrected chi connectivity index (χ0v) is 13.6. The molecule has 0 unspecified atom stereocenters. The Labute approximate surface area is 134 Å². The SMILES string of the molecule is Cc1ccc(-c2cccc(=O)c(OC(=O)OC(C)(C)C)c2)cn1. The van der Waals surface area contributed by atoms with Gasteiger partial charge in [0.1, 0.15) is 5.60 Å². The highest BCUT2D eigenvalue weighted by Gasteiger charge is 2.19. The Kier molecular flexibility index (Phi) is 4.79. The van der Waals surface area contributed by atoms with E-state index in [2.05, 4.69) is 4.98 Å². The van der Waals surface area contributed by atoms with Gasteiger partial charge in [-0.05, 0) is 51.5 Å². The van der Waals surface area contributed by atoms with E-state index >= 15 is 0 Å². The summed E-state index contributed by atoms with van der Waals surface area (Å²) in [5.41, 5.74) is 1.34. The van der Waals surface area contributed by atoms with Crippen LogP contribution >= 0.6 is 0 Å². The van der Waals surface area contributed by atoms with Gasteiger partial charge in [0.15, 0.2) is 5.75 Å². The molecule has 0 aliphatic heterocycles. The number of hydrogen-bond acceptors (Lipinski definition) is 5. The Morgan fingerprint density at radius 3 is 2.43 bits per heavy atom. The Morgan fingerprint density at radius 2 is 1.83 bits per heavy atom. The highest BCUT2D eigenvalue weighted by molar-refractivity contribution is 5.67. The van der Waals surface area contributed by atoms with Gasteiger partial charge in [-0.1, -0.05) is 18.2 Å². The minimum atomic E-state index is -0.909. The predicted octanol–water partition coefficient (Wildman–Crippen LogP) is 3.73. The van der Waals surface area contributed by atoms with E-state index in [1.165, 1.54) is 12.1 Å². The summed E-state index contributed by atoms with van der Waals surface area (Å²) in [6.45, 7) is 7.06. The lowest BCUT2D eigenvalue weighted by Gasteiger charge is -2.18. The van der Waals surface area contributed by atoms with Gasteiger partial charge < -0.3 is 9.47 Å². The van der Waals surface area contributed by atoms with Crippen LogP contribution in [0.4, 0.5) is 4.79 Å². The highest BCUT2D eigenvalue weighted by atomic mass is 16.7. The second-order valence-electron chi connectivity index (χ2n) is 6.11. The maximum atomic E-state index is 12.0. The molecule has 1 aromatic carbocycles. The van der Waals surface area contributed by atoms with Crippen LogP contribution in [-0.2, 0) is 4.74 Å². The fourth-order valence-corrected chi connectivity index (χ4v) is 1.84. The molecule has 2 aromatic rings. The summed E-state index contributed by atoms with van der Waals surface area (Å²) < 4.78 is 10.1. The van der Waals surface area contributed by atoms with Gasteiger partial charge in [0, 0.05) is 17.5 Å². The first-order chi connectivity index (χ1) is 10.7. The summed E-state index contributed by atoms with van der Waals surface area (Å²) in [4.78, 5) is 28.0. The minimum Gasteiger partial charge on any atom is -0.428 e. The van der Waals surface area contributed by atoms with E-state index < -0.39 is 17.2 Å². The summed E-state index contributed by atoms with van der Waals surface area (Å²) >= 11 is 0.